The normalized spacial score (nSPS) is 16.5. The lowest BCUT2D eigenvalue weighted by atomic mass is 10.1. The van der Waals surface area contributed by atoms with E-state index in [1.54, 1.807) is 18.2 Å². The van der Waals surface area contributed by atoms with E-state index in [2.05, 4.69) is 15.5 Å². The highest BCUT2D eigenvalue weighted by atomic mass is 35.5. The summed E-state index contributed by atoms with van der Waals surface area (Å²) in [5, 5.41) is 6.84. The van der Waals surface area contributed by atoms with Crippen LogP contribution >= 0.6 is 23.2 Å². The molecular weight excluding hydrogens is 451 g/mol. The van der Waals surface area contributed by atoms with Crippen LogP contribution in [0.2, 0.25) is 10.0 Å². The van der Waals surface area contributed by atoms with E-state index in [9.17, 15) is 9.59 Å². The summed E-state index contributed by atoms with van der Waals surface area (Å²) < 4.78 is 5.78. The number of nitrogens with zero attached hydrogens (tertiary/aromatic N) is 1. The molecule has 1 saturated heterocycles. The van der Waals surface area contributed by atoms with Crippen molar-refractivity contribution >= 4 is 35.1 Å². The zero-order chi connectivity index (χ0) is 22.9. The van der Waals surface area contributed by atoms with Gasteiger partial charge >= 0.3 is 6.03 Å². The van der Waals surface area contributed by atoms with Gasteiger partial charge in [-0.3, -0.25) is 9.69 Å². The highest BCUT2D eigenvalue weighted by Gasteiger charge is 2.21. The Kier molecular flexibility index (Phi) is 9.17. The molecule has 1 aliphatic heterocycles. The van der Waals surface area contributed by atoms with E-state index in [1.807, 2.05) is 24.3 Å². The summed E-state index contributed by atoms with van der Waals surface area (Å²) in [6.45, 7) is 3.91. The van der Waals surface area contributed by atoms with E-state index in [1.165, 1.54) is 0 Å². The van der Waals surface area contributed by atoms with Crippen LogP contribution < -0.4 is 16.4 Å². The van der Waals surface area contributed by atoms with Crippen molar-refractivity contribution in [2.45, 2.75) is 25.5 Å². The van der Waals surface area contributed by atoms with Gasteiger partial charge in [-0.15, -0.1) is 0 Å². The lowest BCUT2D eigenvalue weighted by Crippen LogP contribution is -2.48. The van der Waals surface area contributed by atoms with Gasteiger partial charge in [0.15, 0.2) is 0 Å². The second-order valence-corrected chi connectivity index (χ2v) is 8.59. The van der Waals surface area contributed by atoms with Crippen LogP contribution in [0.15, 0.2) is 42.5 Å². The molecule has 1 unspecified atom stereocenters. The minimum Gasteiger partial charge on any atom is -0.374 e. The number of rotatable bonds is 9. The second kappa shape index (κ2) is 12.1. The fourth-order valence-corrected chi connectivity index (χ4v) is 3.86. The van der Waals surface area contributed by atoms with Gasteiger partial charge in [0.2, 0.25) is 5.91 Å². The molecule has 1 fully saturated rings. The number of benzene rings is 2. The monoisotopic (exact) mass is 478 g/mol. The third-order valence-corrected chi connectivity index (χ3v) is 6.01. The van der Waals surface area contributed by atoms with Crippen LogP contribution in [-0.2, 0) is 17.7 Å². The summed E-state index contributed by atoms with van der Waals surface area (Å²) in [5.41, 5.74) is 7.92. The Morgan fingerprint density at radius 1 is 1.06 bits per heavy atom. The first kappa shape index (κ1) is 24.3. The molecule has 3 amide bonds. The summed E-state index contributed by atoms with van der Waals surface area (Å²) in [6.07, 6.45) is 1.52. The molecule has 2 aromatic rings. The average Bonchev–Trinajstić information content (AvgIpc) is 2.78. The van der Waals surface area contributed by atoms with Gasteiger partial charge in [0.05, 0.1) is 22.8 Å². The molecule has 0 bridgehead atoms. The number of nitrogens with one attached hydrogen (secondary N) is 2. The van der Waals surface area contributed by atoms with Crippen LogP contribution in [0.3, 0.4) is 0 Å². The maximum absolute atomic E-state index is 12.1. The Balaban J connectivity index is 1.32. The molecule has 1 atom stereocenters. The molecule has 32 heavy (non-hydrogen) atoms. The number of morpholine rings is 1. The highest BCUT2D eigenvalue weighted by molar-refractivity contribution is 6.42. The molecule has 0 spiro atoms. The number of halogens is 2. The predicted octanol–water partition coefficient (Wildman–Crippen LogP) is 3.23. The molecule has 3 rings (SSSR count). The van der Waals surface area contributed by atoms with Crippen molar-refractivity contribution < 1.29 is 14.3 Å². The van der Waals surface area contributed by atoms with Crippen LogP contribution in [0.4, 0.5) is 4.79 Å². The van der Waals surface area contributed by atoms with Crippen LogP contribution in [0, 0.1) is 0 Å². The Morgan fingerprint density at radius 3 is 2.53 bits per heavy atom. The van der Waals surface area contributed by atoms with Crippen LogP contribution in [0.5, 0.6) is 0 Å². The van der Waals surface area contributed by atoms with Crippen molar-refractivity contribution in [1.82, 2.24) is 15.5 Å². The summed E-state index contributed by atoms with van der Waals surface area (Å²) in [5.74, 6) is -0.436. The molecule has 0 aliphatic carbocycles. The molecule has 0 saturated carbocycles. The molecule has 1 aliphatic rings. The van der Waals surface area contributed by atoms with Crippen molar-refractivity contribution in [3.63, 3.8) is 0 Å². The number of carbonyl (C=O) groups excluding carboxylic acids is 2. The summed E-state index contributed by atoms with van der Waals surface area (Å²) in [4.78, 5) is 25.5. The van der Waals surface area contributed by atoms with E-state index in [-0.39, 0.29) is 12.1 Å². The van der Waals surface area contributed by atoms with Crippen molar-refractivity contribution in [2.24, 2.45) is 5.73 Å². The van der Waals surface area contributed by atoms with Crippen molar-refractivity contribution in [2.75, 3.05) is 32.8 Å². The predicted molar refractivity (Wildman–Crippen MR) is 126 cm³/mol. The van der Waals surface area contributed by atoms with Crippen molar-refractivity contribution in [1.29, 1.82) is 0 Å². The molecule has 0 aromatic heterocycles. The number of nitrogens with two attached hydrogens (primary N) is 1. The van der Waals surface area contributed by atoms with E-state index >= 15 is 0 Å². The SMILES string of the molecule is NC(=O)c1ccc(CCCNC(=O)NCC2CN(Cc3ccc(Cl)c(Cl)c3)CCO2)cc1. The molecule has 1 heterocycles. The third-order valence-electron chi connectivity index (χ3n) is 5.27. The van der Waals surface area contributed by atoms with Gasteiger partial charge in [-0.25, -0.2) is 4.79 Å². The van der Waals surface area contributed by atoms with Gasteiger partial charge < -0.3 is 21.1 Å². The van der Waals surface area contributed by atoms with Gasteiger partial charge in [-0.2, -0.15) is 0 Å². The van der Waals surface area contributed by atoms with E-state index in [0.717, 1.165) is 43.6 Å². The lowest BCUT2D eigenvalue weighted by molar-refractivity contribution is -0.0287. The van der Waals surface area contributed by atoms with Gasteiger partial charge in [0.25, 0.3) is 0 Å². The number of urea groups is 1. The Morgan fingerprint density at radius 2 is 1.81 bits per heavy atom. The van der Waals surface area contributed by atoms with Gasteiger partial charge in [-0.05, 0) is 48.2 Å². The minimum atomic E-state index is -0.436. The molecule has 172 valence electrons. The van der Waals surface area contributed by atoms with E-state index < -0.39 is 5.91 Å². The maximum atomic E-state index is 12.1. The quantitative estimate of drug-likeness (QED) is 0.482. The molecule has 7 nitrogen and oxygen atoms in total. The standard InChI is InChI=1S/C23H28Cl2N4O3/c24-20-8-5-17(12-21(20)25)14-29-10-11-32-19(15-29)13-28-23(31)27-9-1-2-16-3-6-18(7-4-16)22(26)30/h3-8,12,19H,1-2,9-11,13-15H2,(H2,26,30)(H2,27,28,31). The average molecular weight is 479 g/mol. The fraction of sp³-hybridized carbons (Fsp3) is 0.391. The molecule has 4 N–H and O–H groups in total. The van der Waals surface area contributed by atoms with Crippen LogP contribution in [0.25, 0.3) is 0 Å². The van der Waals surface area contributed by atoms with Crippen molar-refractivity contribution in [3.8, 4) is 0 Å². The Labute approximate surface area is 198 Å². The smallest absolute Gasteiger partial charge is 0.314 e. The number of ether oxygens (including phenoxy) is 1. The molecule has 9 heteroatoms. The first-order chi connectivity index (χ1) is 15.4. The van der Waals surface area contributed by atoms with Gasteiger partial charge in [0, 0.05) is 38.3 Å². The van der Waals surface area contributed by atoms with Gasteiger partial charge in [-0.1, -0.05) is 41.4 Å². The number of amides is 3. The Hall–Kier alpha value is -2.32. The van der Waals surface area contributed by atoms with Gasteiger partial charge in [0.1, 0.15) is 0 Å². The molecule has 0 radical (unpaired) electrons. The number of hydrogen-bond donors (Lipinski definition) is 3. The first-order valence-corrected chi connectivity index (χ1v) is 11.3. The van der Waals surface area contributed by atoms with Crippen molar-refractivity contribution in [3.05, 3.63) is 69.2 Å². The second-order valence-electron chi connectivity index (χ2n) is 7.78. The number of primary amides is 1. The zero-order valence-electron chi connectivity index (χ0n) is 17.8. The minimum absolute atomic E-state index is 0.0685. The number of carbonyl (C=O) groups is 2. The summed E-state index contributed by atoms with van der Waals surface area (Å²) in [7, 11) is 0. The molecular formula is C23H28Cl2N4O3. The lowest BCUT2D eigenvalue weighted by Gasteiger charge is -2.33. The largest absolute Gasteiger partial charge is 0.374 e. The summed E-state index contributed by atoms with van der Waals surface area (Å²) >= 11 is 12.1. The fourth-order valence-electron chi connectivity index (χ4n) is 3.54. The summed E-state index contributed by atoms with van der Waals surface area (Å²) in [6, 6.07) is 12.6. The highest BCUT2D eigenvalue weighted by Crippen LogP contribution is 2.23. The van der Waals surface area contributed by atoms with E-state index in [0.29, 0.717) is 35.3 Å². The number of hydrogen-bond acceptors (Lipinski definition) is 4. The topological polar surface area (TPSA) is 96.7 Å². The zero-order valence-corrected chi connectivity index (χ0v) is 19.3. The first-order valence-electron chi connectivity index (χ1n) is 10.6. The van der Waals surface area contributed by atoms with Crippen LogP contribution in [-0.4, -0.2) is 55.7 Å². The number of aryl methyl sites for hydroxylation is 1. The Bertz CT molecular complexity index is 924. The van der Waals surface area contributed by atoms with E-state index in [4.69, 9.17) is 33.7 Å². The van der Waals surface area contributed by atoms with Crippen LogP contribution in [0.1, 0.15) is 27.9 Å². The molecule has 2 aromatic carbocycles. The maximum Gasteiger partial charge on any atom is 0.314 e. The third kappa shape index (κ3) is 7.67.